The molecule has 0 saturated carbocycles. The summed E-state index contributed by atoms with van der Waals surface area (Å²) in [4.78, 5) is 13.1. The van der Waals surface area contributed by atoms with Crippen LogP contribution in [0.1, 0.15) is 6.92 Å². The van der Waals surface area contributed by atoms with E-state index < -0.39 is 5.97 Å². The van der Waals surface area contributed by atoms with Gasteiger partial charge in [0.05, 0.1) is 0 Å². The largest absolute Gasteiger partial charge is 0.365 e. The summed E-state index contributed by atoms with van der Waals surface area (Å²) in [5, 5.41) is 7.57. The zero-order valence-electron chi connectivity index (χ0n) is 3.92. The molecule has 0 aromatic carbocycles. The second-order valence-corrected chi connectivity index (χ2v) is 0.910. The van der Waals surface area contributed by atoms with Crippen molar-refractivity contribution >= 4 is 5.97 Å². The molecule has 0 saturated heterocycles. The molecule has 0 atom stereocenters. The van der Waals surface area contributed by atoms with Gasteiger partial charge in [0, 0.05) is 6.08 Å². The van der Waals surface area contributed by atoms with Crippen LogP contribution < -0.4 is 0 Å². The highest BCUT2D eigenvalue weighted by Gasteiger charge is 1.87. The predicted molar refractivity (Wildman–Crippen MR) is 23.5 cm³/mol. The van der Waals surface area contributed by atoms with Crippen molar-refractivity contribution in [2.75, 3.05) is 0 Å². The second-order valence-electron chi connectivity index (χ2n) is 0.910. The molecule has 0 rings (SSSR count). The Bertz CT molecular complexity index is 84.9. The molecular formula is C4H6O3. The Morgan fingerprint density at radius 2 is 2.43 bits per heavy atom. The fourth-order valence-corrected chi connectivity index (χ4v) is 0.167. The zero-order chi connectivity index (χ0) is 5.70. The van der Waals surface area contributed by atoms with Gasteiger partial charge in [-0.25, -0.2) is 4.79 Å². The van der Waals surface area contributed by atoms with Gasteiger partial charge in [0.25, 0.3) is 0 Å². The molecule has 0 spiro atoms. The first-order valence-corrected chi connectivity index (χ1v) is 1.79. The Labute approximate surface area is 41.1 Å². The monoisotopic (exact) mass is 102 g/mol. The maximum absolute atomic E-state index is 9.85. The summed E-state index contributed by atoms with van der Waals surface area (Å²) < 4.78 is 0. The lowest BCUT2D eigenvalue weighted by atomic mass is 10.5. The van der Waals surface area contributed by atoms with E-state index in [0.29, 0.717) is 0 Å². The molecule has 1 N–H and O–H groups in total. The van der Waals surface area contributed by atoms with Crippen molar-refractivity contribution in [1.82, 2.24) is 0 Å². The molecule has 0 bridgehead atoms. The van der Waals surface area contributed by atoms with Crippen LogP contribution in [0, 0.1) is 0 Å². The van der Waals surface area contributed by atoms with Crippen molar-refractivity contribution in [1.29, 1.82) is 0 Å². The molecule has 0 aliphatic carbocycles. The minimum absolute atomic E-state index is 0.748. The van der Waals surface area contributed by atoms with Crippen LogP contribution in [0.2, 0.25) is 0 Å². The topological polar surface area (TPSA) is 46.5 Å². The smallest absolute Gasteiger partial charge is 0.296 e. The third kappa shape index (κ3) is 2.99. The fraction of sp³-hybridized carbons (Fsp3) is 0.250. The van der Waals surface area contributed by atoms with E-state index in [4.69, 9.17) is 5.26 Å². The van der Waals surface area contributed by atoms with Crippen LogP contribution in [0.25, 0.3) is 0 Å². The summed E-state index contributed by atoms with van der Waals surface area (Å²) in [7, 11) is 0. The molecule has 3 nitrogen and oxygen atoms in total. The van der Waals surface area contributed by atoms with Crippen molar-refractivity contribution < 1.29 is 14.9 Å². The summed E-state index contributed by atoms with van der Waals surface area (Å²) in [6.45, 7) is 1.65. The third-order valence-electron chi connectivity index (χ3n) is 0.393. The van der Waals surface area contributed by atoms with Gasteiger partial charge in [-0.15, -0.1) is 0 Å². The maximum Gasteiger partial charge on any atom is 0.365 e. The van der Waals surface area contributed by atoms with E-state index >= 15 is 0 Å². The number of hydrogen-bond acceptors (Lipinski definition) is 3. The third-order valence-corrected chi connectivity index (χ3v) is 0.393. The number of carbonyl (C=O) groups is 1. The van der Waals surface area contributed by atoms with Gasteiger partial charge >= 0.3 is 5.97 Å². The van der Waals surface area contributed by atoms with Crippen molar-refractivity contribution in [2.45, 2.75) is 6.92 Å². The van der Waals surface area contributed by atoms with Gasteiger partial charge < -0.3 is 0 Å². The van der Waals surface area contributed by atoms with Crippen molar-refractivity contribution in [3.63, 3.8) is 0 Å². The number of hydrogen-bond donors (Lipinski definition) is 1. The first-order valence-electron chi connectivity index (χ1n) is 1.79. The minimum Gasteiger partial charge on any atom is -0.296 e. The molecule has 0 aliphatic rings. The Kier molecular flexibility index (Phi) is 2.96. The standard InChI is InChI=1S/C4H6O3/c1-2-3-4(5)7-6/h2-3,6H,1H3/b3-2+. The Hall–Kier alpha value is -0.830. The Balaban J connectivity index is 3.37. The van der Waals surface area contributed by atoms with Crippen molar-refractivity contribution in [3.8, 4) is 0 Å². The Morgan fingerprint density at radius 1 is 1.86 bits per heavy atom. The molecule has 0 amide bonds. The van der Waals surface area contributed by atoms with Gasteiger partial charge in [0.1, 0.15) is 0 Å². The first-order chi connectivity index (χ1) is 3.31. The van der Waals surface area contributed by atoms with Gasteiger partial charge in [-0.1, -0.05) is 6.08 Å². The quantitative estimate of drug-likeness (QED) is 0.299. The molecule has 3 heteroatoms. The van der Waals surface area contributed by atoms with E-state index in [9.17, 15) is 4.79 Å². The van der Waals surface area contributed by atoms with Crippen molar-refractivity contribution in [2.24, 2.45) is 0 Å². The lowest BCUT2D eigenvalue weighted by molar-refractivity contribution is -0.228. The van der Waals surface area contributed by atoms with E-state index in [-0.39, 0.29) is 0 Å². The highest BCUT2D eigenvalue weighted by atomic mass is 17.1. The lowest BCUT2D eigenvalue weighted by Gasteiger charge is -1.80. The first kappa shape index (κ1) is 6.17. The molecule has 0 fully saturated rings. The van der Waals surface area contributed by atoms with E-state index in [1.165, 1.54) is 6.08 Å². The van der Waals surface area contributed by atoms with Crippen LogP contribution in [0.4, 0.5) is 0 Å². The van der Waals surface area contributed by atoms with Crippen LogP contribution >= 0.6 is 0 Å². The molecule has 7 heavy (non-hydrogen) atoms. The van der Waals surface area contributed by atoms with Gasteiger partial charge in [-0.3, -0.25) is 4.89 Å². The number of carbonyl (C=O) groups excluding carboxylic acids is 1. The van der Waals surface area contributed by atoms with Crippen LogP contribution in [-0.4, -0.2) is 11.2 Å². The molecule has 0 aromatic rings. The van der Waals surface area contributed by atoms with Gasteiger partial charge in [-0.05, 0) is 6.92 Å². The highest BCUT2D eigenvalue weighted by molar-refractivity contribution is 5.81. The van der Waals surface area contributed by atoms with Crippen LogP contribution in [0.5, 0.6) is 0 Å². The summed E-state index contributed by atoms with van der Waals surface area (Å²) >= 11 is 0. The van der Waals surface area contributed by atoms with Crippen LogP contribution in [0.3, 0.4) is 0 Å². The Morgan fingerprint density at radius 3 is 2.57 bits per heavy atom. The highest BCUT2D eigenvalue weighted by Crippen LogP contribution is 1.73. The van der Waals surface area contributed by atoms with E-state index in [1.807, 2.05) is 0 Å². The maximum atomic E-state index is 9.85. The second kappa shape index (κ2) is 3.36. The van der Waals surface area contributed by atoms with Crippen molar-refractivity contribution in [3.05, 3.63) is 12.2 Å². The zero-order valence-corrected chi connectivity index (χ0v) is 3.92. The summed E-state index contributed by atoms with van der Waals surface area (Å²) in [5.41, 5.74) is 0. The fourth-order valence-electron chi connectivity index (χ4n) is 0.167. The summed E-state index contributed by atoms with van der Waals surface area (Å²) in [6.07, 6.45) is 2.58. The summed E-state index contributed by atoms with van der Waals surface area (Å²) in [6, 6.07) is 0. The number of rotatable bonds is 1. The molecule has 0 radical (unpaired) electrons. The normalized spacial score (nSPS) is 9.43. The summed E-state index contributed by atoms with van der Waals surface area (Å²) in [5.74, 6) is -0.748. The minimum atomic E-state index is -0.748. The molecule has 0 aliphatic heterocycles. The molecule has 0 heterocycles. The van der Waals surface area contributed by atoms with Gasteiger partial charge in [0.2, 0.25) is 0 Å². The number of allylic oxidation sites excluding steroid dienone is 1. The van der Waals surface area contributed by atoms with Gasteiger partial charge in [-0.2, -0.15) is 5.26 Å². The van der Waals surface area contributed by atoms with Crippen LogP contribution in [0.15, 0.2) is 12.2 Å². The van der Waals surface area contributed by atoms with Crippen LogP contribution in [-0.2, 0) is 9.68 Å². The average molecular weight is 102 g/mol. The predicted octanol–water partition coefficient (Wildman–Crippen LogP) is 0.579. The van der Waals surface area contributed by atoms with E-state index in [2.05, 4.69) is 4.89 Å². The molecule has 40 valence electrons. The lowest BCUT2D eigenvalue weighted by Crippen LogP contribution is -1.93. The average Bonchev–Trinajstić information content (AvgIpc) is 1.68. The molecular weight excluding hydrogens is 96.0 g/mol. The molecule has 0 unspecified atom stereocenters. The van der Waals surface area contributed by atoms with Gasteiger partial charge in [0.15, 0.2) is 0 Å². The van der Waals surface area contributed by atoms with E-state index in [1.54, 1.807) is 6.92 Å². The SMILES string of the molecule is C/C=C/C(=O)OO. The molecule has 0 aromatic heterocycles. The van der Waals surface area contributed by atoms with E-state index in [0.717, 1.165) is 6.08 Å².